The fourth-order valence-corrected chi connectivity index (χ4v) is 4.16. The molecule has 3 aromatic rings. The van der Waals surface area contributed by atoms with Gasteiger partial charge in [0.05, 0.1) is 29.0 Å². The van der Waals surface area contributed by atoms with Crippen LogP contribution in [-0.2, 0) is 27.0 Å². The van der Waals surface area contributed by atoms with Gasteiger partial charge in [-0.1, -0.05) is 30.3 Å². The molecule has 1 heterocycles. The van der Waals surface area contributed by atoms with Crippen LogP contribution >= 0.6 is 0 Å². The number of halogens is 3. The Bertz CT molecular complexity index is 1330. The van der Waals surface area contributed by atoms with Gasteiger partial charge in [-0.2, -0.15) is 13.2 Å². The summed E-state index contributed by atoms with van der Waals surface area (Å²) in [6.07, 6.45) is -3.19. The van der Waals surface area contributed by atoms with Crippen molar-refractivity contribution in [3.05, 3.63) is 71.9 Å². The van der Waals surface area contributed by atoms with Crippen LogP contribution in [-0.4, -0.2) is 65.9 Å². The highest BCUT2D eigenvalue weighted by Gasteiger charge is 2.30. The van der Waals surface area contributed by atoms with Crippen molar-refractivity contribution in [2.75, 3.05) is 31.5 Å². The number of para-hydroxylation sites is 1. The van der Waals surface area contributed by atoms with Crippen LogP contribution in [0.1, 0.15) is 24.0 Å². The zero-order chi connectivity index (χ0) is 30.0. The van der Waals surface area contributed by atoms with Crippen molar-refractivity contribution in [1.82, 2.24) is 15.2 Å². The zero-order valence-electron chi connectivity index (χ0n) is 22.4. The van der Waals surface area contributed by atoms with Gasteiger partial charge in [0.25, 0.3) is 0 Å². The zero-order valence-corrected chi connectivity index (χ0v) is 22.4. The Morgan fingerprint density at radius 3 is 2.24 bits per heavy atom. The Morgan fingerprint density at radius 2 is 1.61 bits per heavy atom. The number of benzene rings is 2. The number of carbonyl (C=O) groups excluding carboxylic acids is 3. The molecule has 0 aliphatic carbocycles. The minimum absolute atomic E-state index is 0.000473. The summed E-state index contributed by atoms with van der Waals surface area (Å²) in [5.41, 5.74) is 17.8. The van der Waals surface area contributed by atoms with Gasteiger partial charge in [-0.3, -0.25) is 19.4 Å². The number of nitrogens with one attached hydrogen (secondary N) is 2. The number of carbonyl (C=O) groups is 3. The summed E-state index contributed by atoms with van der Waals surface area (Å²) >= 11 is 0. The molecule has 3 rings (SSSR count). The highest BCUT2D eigenvalue weighted by atomic mass is 19.4. The molecule has 0 aliphatic rings. The standard InChI is InChI=1S/C28H34F3N7O3/c29-28(30,31)20-7-5-18(6-8-20)15-24(27(41)36-21-16-19-3-1-2-4-23(19)35-17-21)37-26(40)22(34)9-10-25(39)38(13-11-32)14-12-33/h1-8,16-17,22,24H,9-15,32-34H2,(H,36,41)(H,37,40)/t22-,24-/m1/s1. The molecule has 0 aliphatic heterocycles. The van der Waals surface area contributed by atoms with Gasteiger partial charge >= 0.3 is 6.18 Å². The highest BCUT2D eigenvalue weighted by Crippen LogP contribution is 2.29. The lowest BCUT2D eigenvalue weighted by atomic mass is 10.0. The van der Waals surface area contributed by atoms with Gasteiger partial charge in [-0.15, -0.1) is 0 Å². The average molecular weight is 574 g/mol. The van der Waals surface area contributed by atoms with Gasteiger partial charge in [-0.25, -0.2) is 0 Å². The van der Waals surface area contributed by atoms with Crippen LogP contribution < -0.4 is 27.8 Å². The Balaban J connectivity index is 1.73. The number of alkyl halides is 3. The van der Waals surface area contributed by atoms with Crippen LogP contribution in [0.5, 0.6) is 0 Å². The van der Waals surface area contributed by atoms with Crippen molar-refractivity contribution in [3.8, 4) is 0 Å². The maximum atomic E-state index is 13.3. The average Bonchev–Trinajstić information content (AvgIpc) is 2.94. The van der Waals surface area contributed by atoms with Gasteiger partial charge in [0.1, 0.15) is 6.04 Å². The SMILES string of the molecule is NCCN(CCN)C(=O)CC[C@@H](N)C(=O)N[C@H](Cc1ccc(C(F)(F)F)cc1)C(=O)Nc1cnc2ccccc2c1. The second kappa shape index (κ2) is 14.5. The van der Waals surface area contributed by atoms with Gasteiger partial charge < -0.3 is 32.7 Å². The van der Waals surface area contributed by atoms with Crippen LogP contribution in [0.4, 0.5) is 18.9 Å². The second-order valence-corrected chi connectivity index (χ2v) is 9.47. The Kier molecular flexibility index (Phi) is 11.1. The van der Waals surface area contributed by atoms with Crippen molar-refractivity contribution in [2.45, 2.75) is 37.5 Å². The predicted octanol–water partition coefficient (Wildman–Crippen LogP) is 1.77. The van der Waals surface area contributed by atoms with Crippen molar-refractivity contribution >= 4 is 34.3 Å². The van der Waals surface area contributed by atoms with E-state index in [0.717, 1.165) is 23.0 Å². The summed E-state index contributed by atoms with van der Waals surface area (Å²) in [6, 6.07) is 11.0. The molecule has 3 amide bonds. The number of hydrogen-bond acceptors (Lipinski definition) is 7. The molecule has 0 bridgehead atoms. The Hall–Kier alpha value is -4.07. The molecule has 220 valence electrons. The van der Waals surface area contributed by atoms with Crippen molar-refractivity contribution < 1.29 is 27.6 Å². The van der Waals surface area contributed by atoms with Crippen LogP contribution in [0, 0.1) is 0 Å². The third-order valence-corrected chi connectivity index (χ3v) is 6.37. The first-order valence-electron chi connectivity index (χ1n) is 13.1. The highest BCUT2D eigenvalue weighted by molar-refractivity contribution is 5.99. The minimum Gasteiger partial charge on any atom is -0.343 e. The van der Waals surface area contributed by atoms with Crippen molar-refractivity contribution in [1.29, 1.82) is 0 Å². The smallest absolute Gasteiger partial charge is 0.343 e. The first-order valence-corrected chi connectivity index (χ1v) is 13.1. The van der Waals surface area contributed by atoms with E-state index in [-0.39, 0.29) is 38.3 Å². The summed E-state index contributed by atoms with van der Waals surface area (Å²) in [7, 11) is 0. The first kappa shape index (κ1) is 31.5. The monoisotopic (exact) mass is 573 g/mol. The van der Waals surface area contributed by atoms with Crippen molar-refractivity contribution in [2.24, 2.45) is 17.2 Å². The van der Waals surface area contributed by atoms with Gasteiger partial charge in [0.2, 0.25) is 17.7 Å². The van der Waals surface area contributed by atoms with Crippen LogP contribution in [0.2, 0.25) is 0 Å². The van der Waals surface area contributed by atoms with Crippen LogP contribution in [0.3, 0.4) is 0 Å². The molecular weight excluding hydrogens is 539 g/mol. The lowest BCUT2D eigenvalue weighted by Crippen LogP contribution is -2.51. The number of anilines is 1. The Labute approximate surface area is 235 Å². The molecule has 10 nitrogen and oxygen atoms in total. The van der Waals surface area contributed by atoms with E-state index in [4.69, 9.17) is 17.2 Å². The van der Waals surface area contributed by atoms with E-state index < -0.39 is 35.6 Å². The molecule has 8 N–H and O–H groups in total. The lowest BCUT2D eigenvalue weighted by molar-refractivity contribution is -0.137. The van der Waals surface area contributed by atoms with Gasteiger partial charge in [0.15, 0.2) is 0 Å². The topological polar surface area (TPSA) is 169 Å². The third kappa shape index (κ3) is 9.23. The molecule has 41 heavy (non-hydrogen) atoms. The number of rotatable bonds is 13. The first-order chi connectivity index (χ1) is 19.5. The summed E-state index contributed by atoms with van der Waals surface area (Å²) in [4.78, 5) is 44.5. The number of amides is 3. The molecular formula is C28H34F3N7O3. The number of pyridine rings is 1. The predicted molar refractivity (Wildman–Crippen MR) is 149 cm³/mol. The quantitative estimate of drug-likeness (QED) is 0.208. The fourth-order valence-electron chi connectivity index (χ4n) is 4.16. The van der Waals surface area contributed by atoms with E-state index in [1.165, 1.54) is 23.2 Å². The second-order valence-electron chi connectivity index (χ2n) is 9.47. The Morgan fingerprint density at radius 1 is 0.951 bits per heavy atom. The van der Waals surface area contributed by atoms with Gasteiger partial charge in [0, 0.05) is 44.4 Å². The maximum absolute atomic E-state index is 13.3. The van der Waals surface area contributed by atoms with E-state index >= 15 is 0 Å². The minimum atomic E-state index is -4.51. The summed E-state index contributed by atoms with van der Waals surface area (Å²) < 4.78 is 39.0. The lowest BCUT2D eigenvalue weighted by Gasteiger charge is -2.23. The molecule has 0 fully saturated rings. The molecule has 0 spiro atoms. The van der Waals surface area contributed by atoms with E-state index in [2.05, 4.69) is 15.6 Å². The van der Waals surface area contributed by atoms with Crippen LogP contribution in [0.15, 0.2) is 60.8 Å². The molecule has 2 aromatic carbocycles. The molecule has 13 heteroatoms. The summed E-state index contributed by atoms with van der Waals surface area (Å²) in [5.74, 6) is -1.56. The van der Waals surface area contributed by atoms with Gasteiger partial charge in [-0.05, 0) is 36.2 Å². The van der Waals surface area contributed by atoms with E-state index in [0.29, 0.717) is 24.3 Å². The van der Waals surface area contributed by atoms with E-state index in [1.54, 1.807) is 6.07 Å². The number of nitrogens with two attached hydrogens (primary N) is 3. The third-order valence-electron chi connectivity index (χ3n) is 6.37. The van der Waals surface area contributed by atoms with Crippen LogP contribution in [0.25, 0.3) is 10.9 Å². The molecule has 1 aromatic heterocycles. The number of fused-ring (bicyclic) bond motifs is 1. The molecule has 0 saturated heterocycles. The number of aromatic nitrogens is 1. The largest absolute Gasteiger partial charge is 0.416 e. The molecule has 0 saturated carbocycles. The number of hydrogen-bond donors (Lipinski definition) is 5. The summed E-state index contributed by atoms with van der Waals surface area (Å²) in [5, 5.41) is 6.07. The van der Waals surface area contributed by atoms with E-state index in [1.807, 2.05) is 24.3 Å². The summed E-state index contributed by atoms with van der Waals surface area (Å²) in [6.45, 7) is 1.14. The maximum Gasteiger partial charge on any atom is 0.416 e. The fraction of sp³-hybridized carbons (Fsp3) is 0.357. The molecule has 2 atom stereocenters. The molecule has 0 unspecified atom stereocenters. The molecule has 0 radical (unpaired) electrons. The number of nitrogens with zero attached hydrogens (tertiary/aromatic N) is 2. The van der Waals surface area contributed by atoms with E-state index in [9.17, 15) is 27.6 Å². The van der Waals surface area contributed by atoms with Crippen molar-refractivity contribution in [3.63, 3.8) is 0 Å². The normalized spacial score (nSPS) is 12.9.